The molecule has 0 saturated carbocycles. The molecule has 1 fully saturated rings. The standard InChI is InChI=1S/C10H16F3NO2/c1-9(2,8(15)16)6-4-3-5-7(14-6)10(11,12)13/h6-7,14H,3-5H2,1-2H3,(H,15,16). The Morgan fingerprint density at radius 1 is 1.25 bits per heavy atom. The van der Waals surface area contributed by atoms with Crippen molar-refractivity contribution in [2.75, 3.05) is 0 Å². The fourth-order valence-electron chi connectivity index (χ4n) is 1.91. The molecule has 0 spiro atoms. The first-order valence-corrected chi connectivity index (χ1v) is 5.22. The Morgan fingerprint density at radius 2 is 1.75 bits per heavy atom. The van der Waals surface area contributed by atoms with Crippen LogP contribution in [0, 0.1) is 5.41 Å². The third kappa shape index (κ3) is 2.66. The van der Waals surface area contributed by atoms with Gasteiger partial charge in [-0.3, -0.25) is 4.79 Å². The second-order valence-corrected chi connectivity index (χ2v) is 4.77. The van der Waals surface area contributed by atoms with Gasteiger partial charge in [-0.15, -0.1) is 0 Å². The minimum absolute atomic E-state index is 0.0235. The maximum absolute atomic E-state index is 12.5. The van der Waals surface area contributed by atoms with E-state index in [4.69, 9.17) is 5.11 Å². The van der Waals surface area contributed by atoms with Crippen molar-refractivity contribution in [3.8, 4) is 0 Å². The smallest absolute Gasteiger partial charge is 0.403 e. The molecule has 1 aliphatic rings. The van der Waals surface area contributed by atoms with Crippen LogP contribution >= 0.6 is 0 Å². The third-order valence-electron chi connectivity index (χ3n) is 3.21. The van der Waals surface area contributed by atoms with E-state index in [0.717, 1.165) is 0 Å². The van der Waals surface area contributed by atoms with E-state index in [-0.39, 0.29) is 6.42 Å². The van der Waals surface area contributed by atoms with Crippen LogP contribution in [0.15, 0.2) is 0 Å². The maximum atomic E-state index is 12.5. The van der Waals surface area contributed by atoms with E-state index in [1.54, 1.807) is 0 Å². The molecule has 1 heterocycles. The Labute approximate surface area is 92.0 Å². The largest absolute Gasteiger partial charge is 0.481 e. The number of hydrogen-bond donors (Lipinski definition) is 2. The van der Waals surface area contributed by atoms with Gasteiger partial charge in [0.05, 0.1) is 5.41 Å². The Kier molecular flexibility index (Phi) is 3.52. The number of rotatable bonds is 2. The average Bonchev–Trinajstić information content (AvgIpc) is 2.16. The number of piperidine rings is 1. The molecule has 0 aromatic heterocycles. The molecule has 0 radical (unpaired) electrons. The first kappa shape index (κ1) is 13.3. The van der Waals surface area contributed by atoms with Gasteiger partial charge in [0.2, 0.25) is 0 Å². The second kappa shape index (κ2) is 4.24. The second-order valence-electron chi connectivity index (χ2n) is 4.77. The summed E-state index contributed by atoms with van der Waals surface area (Å²) in [6.45, 7) is 2.90. The van der Waals surface area contributed by atoms with Crippen molar-refractivity contribution in [1.29, 1.82) is 0 Å². The van der Waals surface area contributed by atoms with Crippen molar-refractivity contribution in [3.63, 3.8) is 0 Å². The number of carbonyl (C=O) groups is 1. The van der Waals surface area contributed by atoms with Crippen LogP contribution in [-0.2, 0) is 4.79 Å². The topological polar surface area (TPSA) is 49.3 Å². The van der Waals surface area contributed by atoms with Crippen molar-refractivity contribution in [2.24, 2.45) is 5.41 Å². The zero-order chi connectivity index (χ0) is 12.6. The average molecular weight is 239 g/mol. The lowest BCUT2D eigenvalue weighted by Crippen LogP contribution is -2.57. The molecule has 2 atom stereocenters. The molecule has 94 valence electrons. The third-order valence-corrected chi connectivity index (χ3v) is 3.21. The summed E-state index contributed by atoms with van der Waals surface area (Å²) in [4.78, 5) is 11.0. The van der Waals surface area contributed by atoms with Gasteiger partial charge in [0, 0.05) is 6.04 Å². The lowest BCUT2D eigenvalue weighted by atomic mass is 9.79. The summed E-state index contributed by atoms with van der Waals surface area (Å²) in [6, 6.07) is -2.21. The Bertz CT molecular complexity index is 276. The first-order valence-electron chi connectivity index (χ1n) is 5.22. The van der Waals surface area contributed by atoms with Crippen LogP contribution in [-0.4, -0.2) is 29.3 Å². The van der Waals surface area contributed by atoms with E-state index in [2.05, 4.69) is 5.32 Å². The fourth-order valence-corrected chi connectivity index (χ4v) is 1.91. The Hall–Kier alpha value is -0.780. The summed E-state index contributed by atoms with van der Waals surface area (Å²) in [6.07, 6.45) is -3.41. The quantitative estimate of drug-likeness (QED) is 0.776. The van der Waals surface area contributed by atoms with Crippen LogP contribution in [0.1, 0.15) is 33.1 Å². The zero-order valence-corrected chi connectivity index (χ0v) is 9.27. The van der Waals surface area contributed by atoms with Gasteiger partial charge >= 0.3 is 12.1 Å². The molecule has 0 amide bonds. The molecular formula is C10H16F3NO2. The number of halogens is 3. The highest BCUT2D eigenvalue weighted by atomic mass is 19.4. The van der Waals surface area contributed by atoms with Crippen molar-refractivity contribution < 1.29 is 23.1 Å². The number of carboxylic acids is 1. The molecule has 1 saturated heterocycles. The predicted octanol–water partition coefficient (Wildman–Crippen LogP) is 2.17. The molecule has 1 aliphatic heterocycles. The van der Waals surface area contributed by atoms with Gasteiger partial charge < -0.3 is 10.4 Å². The van der Waals surface area contributed by atoms with E-state index in [0.29, 0.717) is 12.8 Å². The molecule has 2 N–H and O–H groups in total. The Balaban J connectivity index is 2.75. The lowest BCUT2D eigenvalue weighted by Gasteiger charge is -2.39. The molecule has 2 unspecified atom stereocenters. The molecule has 0 bridgehead atoms. The Morgan fingerprint density at radius 3 is 2.19 bits per heavy atom. The highest BCUT2D eigenvalue weighted by Crippen LogP contribution is 2.33. The summed E-state index contributed by atoms with van der Waals surface area (Å²) in [5, 5.41) is 11.4. The van der Waals surface area contributed by atoms with Crippen LogP contribution < -0.4 is 5.32 Å². The van der Waals surface area contributed by atoms with Crippen LogP contribution in [0.4, 0.5) is 13.2 Å². The molecule has 16 heavy (non-hydrogen) atoms. The number of aliphatic carboxylic acids is 1. The zero-order valence-electron chi connectivity index (χ0n) is 9.27. The van der Waals surface area contributed by atoms with Crippen LogP contribution in [0.5, 0.6) is 0 Å². The van der Waals surface area contributed by atoms with Gasteiger partial charge in [-0.05, 0) is 33.1 Å². The van der Waals surface area contributed by atoms with Gasteiger partial charge in [0.15, 0.2) is 0 Å². The molecule has 0 aliphatic carbocycles. The van der Waals surface area contributed by atoms with E-state index in [1.165, 1.54) is 13.8 Å². The van der Waals surface area contributed by atoms with E-state index >= 15 is 0 Å². The van der Waals surface area contributed by atoms with E-state index < -0.39 is 29.6 Å². The van der Waals surface area contributed by atoms with Gasteiger partial charge in [-0.1, -0.05) is 0 Å². The van der Waals surface area contributed by atoms with E-state index in [1.807, 2.05) is 0 Å². The minimum atomic E-state index is -4.30. The van der Waals surface area contributed by atoms with Crippen LogP contribution in [0.3, 0.4) is 0 Å². The number of nitrogens with one attached hydrogen (secondary N) is 1. The summed E-state index contributed by atoms with van der Waals surface area (Å²) in [5.41, 5.74) is -1.18. The highest BCUT2D eigenvalue weighted by Gasteiger charge is 2.47. The summed E-state index contributed by atoms with van der Waals surface area (Å²) >= 11 is 0. The van der Waals surface area contributed by atoms with Crippen molar-refractivity contribution in [3.05, 3.63) is 0 Å². The van der Waals surface area contributed by atoms with Gasteiger partial charge in [0.1, 0.15) is 6.04 Å². The van der Waals surface area contributed by atoms with Crippen molar-refractivity contribution >= 4 is 5.97 Å². The molecule has 3 nitrogen and oxygen atoms in total. The van der Waals surface area contributed by atoms with Crippen molar-refractivity contribution in [1.82, 2.24) is 5.32 Å². The summed E-state index contributed by atoms with van der Waals surface area (Å²) < 4.78 is 37.5. The molecule has 1 rings (SSSR count). The molecule has 0 aromatic carbocycles. The van der Waals surface area contributed by atoms with E-state index in [9.17, 15) is 18.0 Å². The normalized spacial score (nSPS) is 27.8. The molecule has 0 aromatic rings. The van der Waals surface area contributed by atoms with Gasteiger partial charge in [-0.2, -0.15) is 13.2 Å². The van der Waals surface area contributed by atoms with Crippen LogP contribution in [0.2, 0.25) is 0 Å². The highest BCUT2D eigenvalue weighted by molar-refractivity contribution is 5.74. The fraction of sp³-hybridized carbons (Fsp3) is 0.900. The lowest BCUT2D eigenvalue weighted by molar-refractivity contribution is -0.170. The van der Waals surface area contributed by atoms with Crippen LogP contribution in [0.25, 0.3) is 0 Å². The maximum Gasteiger partial charge on any atom is 0.403 e. The summed E-state index contributed by atoms with van der Waals surface area (Å²) in [5.74, 6) is -1.08. The summed E-state index contributed by atoms with van der Waals surface area (Å²) in [7, 11) is 0. The monoisotopic (exact) mass is 239 g/mol. The molecule has 6 heteroatoms. The van der Waals surface area contributed by atoms with Gasteiger partial charge in [-0.25, -0.2) is 0 Å². The number of hydrogen-bond acceptors (Lipinski definition) is 2. The van der Waals surface area contributed by atoms with Gasteiger partial charge in [0.25, 0.3) is 0 Å². The SMILES string of the molecule is CC(C)(C(=O)O)C1CCCC(C(F)(F)F)N1. The van der Waals surface area contributed by atoms with Crippen molar-refractivity contribution in [2.45, 2.75) is 51.4 Å². The molecular weight excluding hydrogens is 223 g/mol. The first-order chi connectivity index (χ1) is 7.15. The number of alkyl halides is 3. The number of carboxylic acid groups (broad SMARTS) is 1. The predicted molar refractivity (Wildman–Crippen MR) is 52.0 cm³/mol. The minimum Gasteiger partial charge on any atom is -0.481 e.